The van der Waals surface area contributed by atoms with Crippen LogP contribution in [-0.4, -0.2) is 8.80 Å². The molecule has 58 heavy (non-hydrogen) atoms. The Morgan fingerprint density at radius 3 is 1.10 bits per heavy atom. The summed E-state index contributed by atoms with van der Waals surface area (Å²) in [5.41, 5.74) is 20.5. The monoisotopic (exact) mass is 756 g/mol. The van der Waals surface area contributed by atoms with Crippen LogP contribution < -0.4 is 0 Å². The van der Waals surface area contributed by atoms with Gasteiger partial charge in [-0.25, -0.2) is 0 Å². The Hall–Kier alpha value is -6.26. The van der Waals surface area contributed by atoms with Crippen LogP contribution >= 0.6 is 0 Å². The Morgan fingerprint density at radius 2 is 0.741 bits per heavy atom. The number of hydrogen-bond acceptors (Lipinski definition) is 2. The molecule has 0 saturated carbocycles. The van der Waals surface area contributed by atoms with Crippen molar-refractivity contribution in [3.63, 3.8) is 0 Å². The molecule has 286 valence electrons. The molecule has 4 aromatic heterocycles. The number of aromatic nitrogens is 2. The third-order valence-corrected chi connectivity index (χ3v) is 12.8. The first-order valence-corrected chi connectivity index (χ1v) is 21.1. The van der Waals surface area contributed by atoms with Gasteiger partial charge in [-0.3, -0.25) is 0 Å². The van der Waals surface area contributed by atoms with Gasteiger partial charge in [-0.2, -0.15) is 0 Å². The van der Waals surface area contributed by atoms with E-state index >= 15 is 0 Å². The van der Waals surface area contributed by atoms with Crippen molar-refractivity contribution in [1.29, 1.82) is 0 Å². The molecule has 0 fully saturated rings. The van der Waals surface area contributed by atoms with Crippen LogP contribution in [0, 0.1) is 0 Å². The lowest BCUT2D eigenvalue weighted by atomic mass is 9.84. The van der Waals surface area contributed by atoms with Crippen LogP contribution in [0.3, 0.4) is 0 Å². The average Bonchev–Trinajstić information content (AvgIpc) is 3.76. The van der Waals surface area contributed by atoms with Crippen molar-refractivity contribution in [3.8, 4) is 22.3 Å². The summed E-state index contributed by atoms with van der Waals surface area (Å²) < 4.78 is 19.3. The van der Waals surface area contributed by atoms with Gasteiger partial charge in [0.1, 0.15) is 11.0 Å². The summed E-state index contributed by atoms with van der Waals surface area (Å²) in [6, 6.07) is 44.8. The molecule has 0 bridgehead atoms. The molecule has 0 unspecified atom stereocenters. The molecule has 4 nitrogen and oxygen atoms in total. The fraction of sp³-hybridized carbons (Fsp3) is 0.222. The van der Waals surface area contributed by atoms with E-state index in [0.29, 0.717) is 23.7 Å². The maximum absolute atomic E-state index is 7.22. The molecular weight excluding hydrogens is 709 g/mol. The third-order valence-electron chi connectivity index (χ3n) is 12.8. The van der Waals surface area contributed by atoms with Crippen molar-refractivity contribution in [3.05, 3.63) is 144 Å². The van der Waals surface area contributed by atoms with E-state index in [1.807, 2.05) is 0 Å². The zero-order valence-electron chi connectivity index (χ0n) is 34.6. The van der Waals surface area contributed by atoms with E-state index < -0.39 is 0 Å². The van der Waals surface area contributed by atoms with Gasteiger partial charge in [0.25, 0.3) is 0 Å². The Labute approximate surface area is 338 Å². The van der Waals surface area contributed by atoms with Gasteiger partial charge in [0.15, 0.2) is 22.3 Å². The molecule has 11 aromatic rings. The number of hydrogen-bond donors (Lipinski definition) is 0. The highest BCUT2D eigenvalue weighted by Gasteiger charge is 2.29. The molecule has 0 radical (unpaired) electrons. The number of para-hydroxylation sites is 4. The molecule has 0 aliphatic rings. The van der Waals surface area contributed by atoms with Crippen molar-refractivity contribution < 1.29 is 8.83 Å². The number of nitrogens with zero attached hydrogens (tertiary/aromatic N) is 2. The predicted octanol–water partition coefficient (Wildman–Crippen LogP) is 16.1. The third kappa shape index (κ3) is 4.75. The average molecular weight is 757 g/mol. The van der Waals surface area contributed by atoms with Crippen molar-refractivity contribution in [1.82, 2.24) is 8.80 Å². The van der Waals surface area contributed by atoms with Gasteiger partial charge in [0.05, 0.1) is 32.8 Å². The molecule has 4 heteroatoms. The van der Waals surface area contributed by atoms with Crippen LogP contribution in [0.25, 0.3) is 99.2 Å². The number of fused-ring (bicyclic) bond motifs is 12. The molecule has 0 N–H and O–H groups in total. The highest BCUT2D eigenvalue weighted by molar-refractivity contribution is 6.35. The molecule has 7 aromatic carbocycles. The SMILES string of the molecule is CC(C)c1cccc(C(C)C)c1-c1ccc2c(c1)c1c3oc4ccccc4n4c5ccc(-c6c(C(C)C)cccc6C(C)C)cc5c(c5oc6ccccc6n2c51)c34. The van der Waals surface area contributed by atoms with E-state index in [0.717, 1.165) is 77.0 Å². The molecule has 11 rings (SSSR count). The summed E-state index contributed by atoms with van der Waals surface area (Å²) in [6.45, 7) is 18.4. The lowest BCUT2D eigenvalue weighted by Crippen LogP contribution is -1.99. The largest absolute Gasteiger partial charge is 0.452 e. The van der Waals surface area contributed by atoms with Gasteiger partial charge in [-0.15, -0.1) is 0 Å². The Balaban J connectivity index is 1.37. The normalized spacial score (nSPS) is 12.8. The summed E-state index contributed by atoms with van der Waals surface area (Å²) in [5.74, 6) is 1.52. The molecule has 0 saturated heterocycles. The van der Waals surface area contributed by atoms with Crippen LogP contribution in [0.4, 0.5) is 0 Å². The fourth-order valence-electron chi connectivity index (χ4n) is 10.2. The Bertz CT molecular complexity index is 3180. The first-order chi connectivity index (χ1) is 28.1. The Morgan fingerprint density at radius 1 is 0.379 bits per heavy atom. The van der Waals surface area contributed by atoms with Gasteiger partial charge in [-0.1, -0.05) is 128 Å². The van der Waals surface area contributed by atoms with Crippen molar-refractivity contribution >= 4 is 77.0 Å². The standard InChI is InChI=1S/C54H48N2O2/c1-29(2)35-15-13-16-36(30(3)4)47(35)33-23-25-41-39(27-33)49-51-54(58-45-21-11-9-19-43(45)55(41)51)50-40-28-34(48-37(31(5)6)17-14-18-38(48)32(7)8)24-26-42(40)56-44-20-10-12-22-46(44)57-53(49)52(50)56/h9-32H,1-8H3. The van der Waals surface area contributed by atoms with Crippen molar-refractivity contribution in [2.24, 2.45) is 0 Å². The lowest BCUT2D eigenvalue weighted by molar-refractivity contribution is 0.653. The lowest BCUT2D eigenvalue weighted by Gasteiger charge is -2.20. The predicted molar refractivity (Wildman–Crippen MR) is 245 cm³/mol. The van der Waals surface area contributed by atoms with Crippen LogP contribution in [0.2, 0.25) is 0 Å². The molecule has 4 heterocycles. The molecule has 0 atom stereocenters. The van der Waals surface area contributed by atoms with Crippen LogP contribution in [0.5, 0.6) is 0 Å². The minimum absolute atomic E-state index is 0.380. The maximum atomic E-state index is 7.22. The van der Waals surface area contributed by atoms with E-state index in [9.17, 15) is 0 Å². The quantitative estimate of drug-likeness (QED) is 0.158. The van der Waals surface area contributed by atoms with E-state index in [-0.39, 0.29) is 0 Å². The van der Waals surface area contributed by atoms with E-state index in [1.165, 1.54) is 44.5 Å². The summed E-state index contributed by atoms with van der Waals surface area (Å²) in [6.07, 6.45) is 0. The Kier molecular flexibility index (Phi) is 7.60. The molecule has 0 aliphatic heterocycles. The zero-order valence-corrected chi connectivity index (χ0v) is 34.6. The first-order valence-electron chi connectivity index (χ1n) is 21.1. The van der Waals surface area contributed by atoms with Gasteiger partial charge >= 0.3 is 0 Å². The second-order valence-corrected chi connectivity index (χ2v) is 17.6. The summed E-state index contributed by atoms with van der Waals surface area (Å²) in [5, 5.41) is 4.47. The minimum atomic E-state index is 0.380. The van der Waals surface area contributed by atoms with Crippen LogP contribution in [0.15, 0.2) is 130 Å². The highest BCUT2D eigenvalue weighted by Crippen LogP contribution is 2.50. The van der Waals surface area contributed by atoms with Crippen molar-refractivity contribution in [2.45, 2.75) is 79.1 Å². The van der Waals surface area contributed by atoms with Gasteiger partial charge < -0.3 is 17.6 Å². The zero-order chi connectivity index (χ0) is 39.7. The number of benzene rings is 7. The summed E-state index contributed by atoms with van der Waals surface area (Å²) >= 11 is 0. The highest BCUT2D eigenvalue weighted by atomic mass is 16.3. The second-order valence-electron chi connectivity index (χ2n) is 17.6. The summed E-state index contributed by atoms with van der Waals surface area (Å²) in [4.78, 5) is 0. The van der Waals surface area contributed by atoms with E-state index in [4.69, 9.17) is 8.83 Å². The van der Waals surface area contributed by atoms with Crippen molar-refractivity contribution in [2.75, 3.05) is 0 Å². The molecule has 0 spiro atoms. The second kappa shape index (κ2) is 12.6. The van der Waals surface area contributed by atoms with E-state index in [2.05, 4.69) is 186 Å². The van der Waals surface area contributed by atoms with Crippen LogP contribution in [0.1, 0.15) is 101 Å². The van der Waals surface area contributed by atoms with E-state index in [1.54, 1.807) is 0 Å². The minimum Gasteiger partial charge on any atom is -0.452 e. The van der Waals surface area contributed by atoms with Gasteiger partial charge in [-0.05, 0) is 117 Å². The topological polar surface area (TPSA) is 35.1 Å². The molecular formula is C54H48N2O2. The fourth-order valence-corrected chi connectivity index (χ4v) is 10.2. The summed E-state index contributed by atoms with van der Waals surface area (Å²) in [7, 11) is 0. The van der Waals surface area contributed by atoms with Gasteiger partial charge in [0.2, 0.25) is 0 Å². The molecule has 0 aliphatic carbocycles. The van der Waals surface area contributed by atoms with Crippen LogP contribution in [-0.2, 0) is 0 Å². The molecule has 0 amide bonds. The smallest absolute Gasteiger partial charge is 0.162 e. The van der Waals surface area contributed by atoms with Gasteiger partial charge in [0, 0.05) is 10.8 Å². The number of rotatable bonds is 6. The maximum Gasteiger partial charge on any atom is 0.162 e. The first kappa shape index (κ1) is 34.9.